The maximum Gasteiger partial charge on any atom is 0.145 e. The van der Waals surface area contributed by atoms with E-state index in [1.807, 2.05) is 18.2 Å². The predicted molar refractivity (Wildman–Crippen MR) is 235 cm³/mol. The van der Waals surface area contributed by atoms with E-state index in [4.69, 9.17) is 15.0 Å². The van der Waals surface area contributed by atoms with Gasteiger partial charge in [-0.05, 0) is 127 Å². The summed E-state index contributed by atoms with van der Waals surface area (Å²) in [5, 5.41) is 59.9. The molecule has 0 aliphatic carbocycles. The van der Waals surface area contributed by atoms with Crippen LogP contribution in [-0.4, -0.2) is 28.7 Å². The minimum Gasteiger partial charge on any atom is -0.290 e. The summed E-state index contributed by atoms with van der Waals surface area (Å²) in [6.07, 6.45) is 0. The quantitative estimate of drug-likeness (QED) is 0.156. The molecule has 10 aromatic rings. The van der Waals surface area contributed by atoms with Crippen LogP contribution >= 0.6 is 0 Å². The second-order valence-corrected chi connectivity index (χ2v) is 14.8. The number of benzene rings is 7. The average molecular weight is 859 g/mol. The maximum atomic E-state index is 14.8. The normalized spacial score (nSPS) is 10.9. The van der Waals surface area contributed by atoms with Crippen molar-refractivity contribution in [1.29, 1.82) is 31.6 Å². The van der Waals surface area contributed by atoms with E-state index in [0.717, 1.165) is 0 Å². The van der Waals surface area contributed by atoms with E-state index in [2.05, 4.69) is 18.2 Å². The Bertz CT molecular complexity index is 3530. The number of fused-ring (bicyclic) bond motifs is 6. The Morgan fingerprint density at radius 2 is 0.561 bits per heavy atom. The van der Waals surface area contributed by atoms with Gasteiger partial charge in [0.05, 0.1) is 33.4 Å². The number of rotatable bonds is 6. The standard InChI is InChI=1S/C51H21F3N12/c52-37-7-13-40(14-8-37)64-46-43(61-49(64)28-1-4-31(22-55)34(19-28)25-58)47-45(63-51(65(47)41-15-9-38(53)10-16-41)30-3-6-33(24-57)36(21-30)27-60)48-44(46)62-50(66(48)42-17-11-39(54)12-18-42)29-2-5-32(23-56)35(20-29)26-59/h1-21H. The van der Waals surface area contributed by atoms with Crippen molar-refractivity contribution in [2.24, 2.45) is 0 Å². The molecule has 3 heterocycles. The van der Waals surface area contributed by atoms with Gasteiger partial charge in [-0.1, -0.05) is 0 Å². The van der Waals surface area contributed by atoms with Crippen molar-refractivity contribution in [3.05, 3.63) is 178 Å². The molecule has 0 saturated heterocycles. The number of nitriles is 6. The molecule has 0 aliphatic heterocycles. The SMILES string of the molecule is N#Cc1ccc(-c2nc3c(c4nc(-c5ccc(C#N)c(C#N)c5)n(-c5ccc(F)cc5)c4c4nc(-c5ccc(C#N)c(C#N)c5)n(-c5ccc(F)cc5)c34)n2-c2ccc(F)cc2)cc1C#N. The van der Waals surface area contributed by atoms with E-state index >= 15 is 0 Å². The molecule has 7 aromatic carbocycles. The first-order chi connectivity index (χ1) is 32.2. The molecule has 0 aliphatic rings. The van der Waals surface area contributed by atoms with Crippen LogP contribution in [0.1, 0.15) is 33.4 Å². The molecule has 0 amide bonds. The second-order valence-electron chi connectivity index (χ2n) is 14.8. The summed E-state index contributed by atoms with van der Waals surface area (Å²) < 4.78 is 49.5. The monoisotopic (exact) mass is 858 g/mol. The average Bonchev–Trinajstić information content (AvgIpc) is 4.07. The number of imidazole rings is 3. The van der Waals surface area contributed by atoms with Crippen molar-refractivity contribution in [2.45, 2.75) is 0 Å². The topological polar surface area (TPSA) is 196 Å². The van der Waals surface area contributed by atoms with E-state index in [1.54, 1.807) is 31.9 Å². The molecule has 12 nitrogen and oxygen atoms in total. The van der Waals surface area contributed by atoms with Crippen LogP contribution in [0, 0.1) is 85.4 Å². The number of nitrogens with zero attached hydrogens (tertiary/aromatic N) is 12. The first-order valence-electron chi connectivity index (χ1n) is 19.7. The molecule has 10 rings (SSSR count). The molecule has 0 unspecified atom stereocenters. The van der Waals surface area contributed by atoms with Gasteiger partial charge in [0.2, 0.25) is 0 Å². The summed E-state index contributed by atoms with van der Waals surface area (Å²) in [5.74, 6) is -0.901. The van der Waals surface area contributed by atoms with Gasteiger partial charge in [-0.25, -0.2) is 28.1 Å². The summed E-state index contributed by atoms with van der Waals surface area (Å²) in [6, 6.07) is 43.0. The third-order valence-corrected chi connectivity index (χ3v) is 11.1. The lowest BCUT2D eigenvalue weighted by Gasteiger charge is -2.13. The van der Waals surface area contributed by atoms with Crippen LogP contribution in [0.4, 0.5) is 13.2 Å². The van der Waals surface area contributed by atoms with E-state index in [9.17, 15) is 44.7 Å². The number of halogens is 3. The molecule has 0 saturated carbocycles. The Hall–Kier alpha value is -10.3. The fourth-order valence-electron chi connectivity index (χ4n) is 8.14. The van der Waals surface area contributed by atoms with Crippen LogP contribution < -0.4 is 0 Å². The van der Waals surface area contributed by atoms with Gasteiger partial charge in [-0.3, -0.25) is 13.7 Å². The Labute approximate surface area is 371 Å². The van der Waals surface area contributed by atoms with Crippen molar-refractivity contribution in [1.82, 2.24) is 28.7 Å². The lowest BCUT2D eigenvalue weighted by molar-refractivity contribution is 0.627. The van der Waals surface area contributed by atoms with E-state index in [0.29, 0.717) is 50.3 Å². The molecule has 0 fully saturated rings. The highest BCUT2D eigenvalue weighted by Gasteiger charge is 2.31. The van der Waals surface area contributed by atoms with Crippen molar-refractivity contribution < 1.29 is 13.2 Å². The highest BCUT2D eigenvalue weighted by Crippen LogP contribution is 2.44. The van der Waals surface area contributed by atoms with Crippen LogP contribution in [0.2, 0.25) is 0 Å². The molecule has 0 radical (unpaired) electrons. The summed E-state index contributed by atoms with van der Waals surface area (Å²) in [4.78, 5) is 15.8. The van der Waals surface area contributed by atoms with Crippen molar-refractivity contribution >= 4 is 33.1 Å². The van der Waals surface area contributed by atoms with Crippen molar-refractivity contribution in [2.75, 3.05) is 0 Å². The van der Waals surface area contributed by atoms with Gasteiger partial charge >= 0.3 is 0 Å². The van der Waals surface area contributed by atoms with Crippen molar-refractivity contribution in [3.63, 3.8) is 0 Å². The number of hydrogen-bond donors (Lipinski definition) is 0. The van der Waals surface area contributed by atoms with Gasteiger partial charge in [-0.15, -0.1) is 0 Å². The molecular weight excluding hydrogens is 838 g/mol. The summed E-state index contributed by atoms with van der Waals surface area (Å²) in [6.45, 7) is 0. The largest absolute Gasteiger partial charge is 0.290 e. The predicted octanol–water partition coefficient (Wildman–Crippen LogP) is 10.4. The molecule has 0 spiro atoms. The second kappa shape index (κ2) is 15.5. The van der Waals surface area contributed by atoms with Gasteiger partial charge in [0.15, 0.2) is 0 Å². The van der Waals surface area contributed by atoms with Gasteiger partial charge in [0.1, 0.15) is 104 Å². The lowest BCUT2D eigenvalue weighted by Crippen LogP contribution is -2.01. The van der Waals surface area contributed by atoms with Crippen LogP contribution in [0.15, 0.2) is 127 Å². The summed E-state index contributed by atoms with van der Waals surface area (Å²) >= 11 is 0. The lowest BCUT2D eigenvalue weighted by atomic mass is 10.1. The third kappa shape index (κ3) is 6.23. The fraction of sp³-hybridized carbons (Fsp3) is 0. The molecule has 0 N–H and O–H groups in total. The van der Waals surface area contributed by atoms with E-state index in [-0.39, 0.29) is 67.4 Å². The zero-order chi connectivity index (χ0) is 45.8. The molecule has 15 heteroatoms. The Kier molecular flexibility index (Phi) is 9.37. The Morgan fingerprint density at radius 1 is 0.318 bits per heavy atom. The minimum atomic E-state index is -0.530. The van der Waals surface area contributed by atoms with Crippen LogP contribution in [0.5, 0.6) is 0 Å². The minimum absolute atomic E-state index is 0.0627. The van der Waals surface area contributed by atoms with Gasteiger partial charge < -0.3 is 0 Å². The zero-order valence-corrected chi connectivity index (χ0v) is 33.6. The molecule has 0 atom stereocenters. The molecule has 0 bridgehead atoms. The summed E-state index contributed by atoms with van der Waals surface area (Å²) in [7, 11) is 0. The molecule has 66 heavy (non-hydrogen) atoms. The molecular formula is C51H21F3N12. The van der Waals surface area contributed by atoms with Crippen LogP contribution in [0.25, 0.3) is 84.3 Å². The number of hydrogen-bond acceptors (Lipinski definition) is 9. The van der Waals surface area contributed by atoms with Crippen molar-refractivity contribution in [3.8, 4) is 87.6 Å². The van der Waals surface area contributed by atoms with Gasteiger partial charge in [0, 0.05) is 33.8 Å². The Morgan fingerprint density at radius 3 is 0.788 bits per heavy atom. The van der Waals surface area contributed by atoms with Crippen LogP contribution in [-0.2, 0) is 0 Å². The van der Waals surface area contributed by atoms with E-state index in [1.165, 1.54) is 109 Å². The Balaban J connectivity index is 1.50. The smallest absolute Gasteiger partial charge is 0.145 e. The zero-order valence-electron chi connectivity index (χ0n) is 33.6. The molecule has 3 aromatic heterocycles. The molecule has 306 valence electrons. The van der Waals surface area contributed by atoms with Gasteiger partial charge in [-0.2, -0.15) is 31.6 Å². The third-order valence-electron chi connectivity index (χ3n) is 11.1. The van der Waals surface area contributed by atoms with E-state index < -0.39 is 17.5 Å². The first kappa shape index (κ1) is 39.8. The fourth-order valence-corrected chi connectivity index (χ4v) is 8.14. The van der Waals surface area contributed by atoms with Crippen LogP contribution in [0.3, 0.4) is 0 Å². The highest BCUT2D eigenvalue weighted by atomic mass is 19.1. The summed E-state index contributed by atoms with van der Waals surface area (Å²) in [5.41, 5.74) is 4.65. The first-order valence-corrected chi connectivity index (χ1v) is 19.7. The highest BCUT2D eigenvalue weighted by molar-refractivity contribution is 6.22. The maximum absolute atomic E-state index is 14.8. The number of aromatic nitrogens is 6. The van der Waals surface area contributed by atoms with Gasteiger partial charge in [0.25, 0.3) is 0 Å².